The highest BCUT2D eigenvalue weighted by Gasteiger charge is 2.15. The van der Waals surface area contributed by atoms with Gasteiger partial charge in [-0.2, -0.15) is 4.57 Å². The Labute approximate surface area is 263 Å². The van der Waals surface area contributed by atoms with E-state index in [0.29, 0.717) is 6.54 Å². The number of aromatic nitrogens is 1. The first kappa shape index (κ1) is 35.0. The Kier molecular flexibility index (Phi) is 17.0. The van der Waals surface area contributed by atoms with Crippen LogP contribution in [0.25, 0.3) is 0 Å². The number of aryl methyl sites for hydroxylation is 2. The molecule has 6 heteroatoms. The molecule has 4 nitrogen and oxygen atoms in total. The number of anilines is 1. The molecular formula is C35H51BrN2O2S. The third kappa shape index (κ3) is 13.1. The Bertz CT molecular complexity index is 1160. The molecule has 0 radical (unpaired) electrons. The molecule has 1 amide bonds. The summed E-state index contributed by atoms with van der Waals surface area (Å²) in [4.78, 5) is 15.8. The molecule has 3 aromatic rings. The van der Waals surface area contributed by atoms with E-state index in [-0.39, 0.29) is 22.9 Å². The van der Waals surface area contributed by atoms with Gasteiger partial charge in [0.05, 0.1) is 18.0 Å². The Morgan fingerprint density at radius 2 is 1.51 bits per heavy atom. The van der Waals surface area contributed by atoms with E-state index in [1.165, 1.54) is 81.1 Å². The summed E-state index contributed by atoms with van der Waals surface area (Å²) in [5, 5.41) is 0. The largest absolute Gasteiger partial charge is 1.00 e. The second-order valence-corrected chi connectivity index (χ2v) is 12.3. The standard InChI is InChI=1S/C35H51N2O2S.BrH/c1-5-6-7-8-9-10-11-12-13-14-15-16-22-39-35-24-33(21-20-29(35)2)27-37(31(4)38)34-19-17-18-32(23-34)26-36-25-30(3)40-28-36;/h17-21,23-25,28H,5-16,22,26-27H2,1-4H3;1H/q+1;/p-1. The first-order chi connectivity index (χ1) is 19.5. The lowest BCUT2D eigenvalue weighted by Gasteiger charge is -2.22. The Morgan fingerprint density at radius 3 is 2.12 bits per heavy atom. The van der Waals surface area contributed by atoms with Gasteiger partial charge < -0.3 is 26.6 Å². The molecule has 0 aliphatic rings. The molecular weight excluding hydrogens is 592 g/mol. The minimum Gasteiger partial charge on any atom is -1.00 e. The zero-order valence-electron chi connectivity index (χ0n) is 25.8. The number of unbranched alkanes of at least 4 members (excludes halogenated alkanes) is 11. The molecule has 0 spiro atoms. The van der Waals surface area contributed by atoms with Gasteiger partial charge in [-0.25, -0.2) is 0 Å². The van der Waals surface area contributed by atoms with Crippen LogP contribution in [0.2, 0.25) is 0 Å². The van der Waals surface area contributed by atoms with Crippen LogP contribution in [-0.2, 0) is 17.9 Å². The van der Waals surface area contributed by atoms with Crippen LogP contribution in [0.15, 0.2) is 54.2 Å². The van der Waals surface area contributed by atoms with Crippen LogP contribution in [0.3, 0.4) is 0 Å². The van der Waals surface area contributed by atoms with E-state index in [0.717, 1.165) is 42.1 Å². The molecule has 0 fully saturated rings. The minimum absolute atomic E-state index is 0. The van der Waals surface area contributed by atoms with Crippen molar-refractivity contribution in [2.24, 2.45) is 0 Å². The van der Waals surface area contributed by atoms with Gasteiger partial charge in [-0.15, -0.1) is 0 Å². The van der Waals surface area contributed by atoms with Crippen molar-refractivity contribution >= 4 is 22.9 Å². The zero-order valence-corrected chi connectivity index (χ0v) is 28.2. The molecule has 0 saturated carbocycles. The van der Waals surface area contributed by atoms with Gasteiger partial charge in [0.2, 0.25) is 11.4 Å². The number of carbonyl (C=O) groups excluding carboxylic acids is 1. The summed E-state index contributed by atoms with van der Waals surface area (Å²) < 4.78 is 8.39. The Morgan fingerprint density at radius 1 is 0.854 bits per heavy atom. The van der Waals surface area contributed by atoms with Gasteiger partial charge in [-0.3, -0.25) is 4.79 Å². The average molecular weight is 644 g/mol. The molecule has 0 aliphatic carbocycles. The number of ether oxygens (including phenoxy) is 1. The minimum atomic E-state index is 0. The van der Waals surface area contributed by atoms with Gasteiger partial charge in [-0.05, 0) is 49.6 Å². The monoisotopic (exact) mass is 642 g/mol. The third-order valence-corrected chi connectivity index (χ3v) is 8.39. The number of rotatable bonds is 19. The van der Waals surface area contributed by atoms with E-state index in [2.05, 4.69) is 67.4 Å². The molecule has 226 valence electrons. The lowest BCUT2D eigenvalue weighted by molar-refractivity contribution is -0.683. The highest BCUT2D eigenvalue weighted by atomic mass is 79.9. The molecule has 0 bridgehead atoms. The fourth-order valence-corrected chi connectivity index (χ4v) is 5.79. The Balaban J connectivity index is 0.00000588. The quantitative estimate of drug-likeness (QED) is 0.113. The maximum Gasteiger partial charge on any atom is 0.225 e. The number of nitrogens with zero attached hydrogens (tertiary/aromatic N) is 2. The van der Waals surface area contributed by atoms with E-state index < -0.39 is 0 Å². The van der Waals surface area contributed by atoms with Crippen LogP contribution in [0.1, 0.15) is 112 Å². The van der Waals surface area contributed by atoms with Crippen LogP contribution < -0.4 is 31.2 Å². The van der Waals surface area contributed by atoms with Gasteiger partial charge >= 0.3 is 0 Å². The number of hydrogen-bond donors (Lipinski definition) is 0. The van der Waals surface area contributed by atoms with Crippen molar-refractivity contribution in [2.75, 3.05) is 11.5 Å². The van der Waals surface area contributed by atoms with E-state index >= 15 is 0 Å². The summed E-state index contributed by atoms with van der Waals surface area (Å²) in [6, 6.07) is 14.6. The van der Waals surface area contributed by atoms with Crippen molar-refractivity contribution in [1.82, 2.24) is 0 Å². The predicted molar refractivity (Wildman–Crippen MR) is 169 cm³/mol. The second-order valence-electron chi connectivity index (χ2n) is 11.2. The van der Waals surface area contributed by atoms with Crippen molar-refractivity contribution in [1.29, 1.82) is 0 Å². The van der Waals surface area contributed by atoms with Crippen LogP contribution in [0.4, 0.5) is 5.69 Å². The summed E-state index contributed by atoms with van der Waals surface area (Å²) in [6.07, 6.45) is 18.3. The highest BCUT2D eigenvalue weighted by molar-refractivity contribution is 7.09. The fraction of sp³-hybridized carbons (Fsp3) is 0.543. The maximum atomic E-state index is 12.7. The lowest BCUT2D eigenvalue weighted by atomic mass is 10.1. The molecule has 0 aliphatic heterocycles. The summed E-state index contributed by atoms with van der Waals surface area (Å²) in [5.41, 5.74) is 6.47. The molecule has 1 aromatic heterocycles. The molecule has 0 atom stereocenters. The summed E-state index contributed by atoms with van der Waals surface area (Å²) >= 11 is 1.74. The SMILES string of the molecule is CCCCCCCCCCCCCCOc1cc(CN(C(C)=O)c2cccc(C[n+]3csc(C)c3)c2)ccc1C.[Br-]. The first-order valence-electron chi connectivity index (χ1n) is 15.5. The molecule has 0 N–H and O–H groups in total. The molecule has 3 rings (SSSR count). The van der Waals surface area contributed by atoms with Crippen molar-refractivity contribution < 1.29 is 31.1 Å². The molecule has 0 saturated heterocycles. The smallest absolute Gasteiger partial charge is 0.225 e. The Hall–Kier alpha value is -2.18. The lowest BCUT2D eigenvalue weighted by Crippen LogP contribution is -3.00. The number of hydrogen-bond acceptors (Lipinski definition) is 3. The number of carbonyl (C=O) groups is 1. The first-order valence-corrected chi connectivity index (χ1v) is 16.4. The number of halogens is 1. The van der Waals surface area contributed by atoms with E-state index in [4.69, 9.17) is 4.74 Å². The van der Waals surface area contributed by atoms with Crippen LogP contribution in [-0.4, -0.2) is 12.5 Å². The van der Waals surface area contributed by atoms with Crippen LogP contribution in [0.5, 0.6) is 5.75 Å². The normalized spacial score (nSPS) is 10.8. The summed E-state index contributed by atoms with van der Waals surface area (Å²) in [7, 11) is 0. The molecule has 1 heterocycles. The summed E-state index contributed by atoms with van der Waals surface area (Å²) in [5.74, 6) is 0.970. The fourth-order valence-electron chi connectivity index (χ4n) is 5.15. The second kappa shape index (κ2) is 19.9. The zero-order chi connectivity index (χ0) is 28.6. The summed E-state index contributed by atoms with van der Waals surface area (Å²) in [6.45, 7) is 10.2. The van der Waals surface area contributed by atoms with E-state index in [9.17, 15) is 4.79 Å². The number of thiazole rings is 1. The topological polar surface area (TPSA) is 33.4 Å². The van der Waals surface area contributed by atoms with Gasteiger partial charge in [0.15, 0.2) is 12.7 Å². The van der Waals surface area contributed by atoms with E-state index in [1.807, 2.05) is 17.0 Å². The van der Waals surface area contributed by atoms with Gasteiger partial charge in [0.1, 0.15) is 5.75 Å². The van der Waals surface area contributed by atoms with Crippen molar-refractivity contribution in [3.8, 4) is 5.75 Å². The van der Waals surface area contributed by atoms with Crippen LogP contribution >= 0.6 is 11.3 Å². The number of amides is 1. The van der Waals surface area contributed by atoms with Gasteiger partial charge in [0, 0.05) is 18.2 Å². The molecule has 2 aromatic carbocycles. The van der Waals surface area contributed by atoms with Gasteiger partial charge in [-0.1, -0.05) is 113 Å². The predicted octanol–water partition coefficient (Wildman–Crippen LogP) is 6.34. The van der Waals surface area contributed by atoms with Crippen LogP contribution in [0, 0.1) is 13.8 Å². The van der Waals surface area contributed by atoms with Crippen molar-refractivity contribution in [3.63, 3.8) is 0 Å². The number of benzene rings is 2. The van der Waals surface area contributed by atoms with Gasteiger partial charge in [0.25, 0.3) is 0 Å². The van der Waals surface area contributed by atoms with Crippen molar-refractivity contribution in [3.05, 3.63) is 75.7 Å². The third-order valence-electron chi connectivity index (χ3n) is 7.54. The van der Waals surface area contributed by atoms with Crippen molar-refractivity contribution in [2.45, 2.75) is 118 Å². The molecule has 0 unspecified atom stereocenters. The van der Waals surface area contributed by atoms with E-state index in [1.54, 1.807) is 18.3 Å². The maximum absolute atomic E-state index is 12.7. The molecule has 41 heavy (non-hydrogen) atoms. The average Bonchev–Trinajstić information content (AvgIpc) is 3.35. The highest BCUT2D eigenvalue weighted by Crippen LogP contribution is 2.24.